The fourth-order valence-electron chi connectivity index (χ4n) is 1.98. The van der Waals surface area contributed by atoms with E-state index in [4.69, 9.17) is 5.73 Å². The van der Waals surface area contributed by atoms with E-state index in [0.29, 0.717) is 16.9 Å². The molecule has 2 aromatic rings. The molecular formula is C15H18N2O3S. The van der Waals surface area contributed by atoms with E-state index in [1.54, 1.807) is 42.5 Å². The summed E-state index contributed by atoms with van der Waals surface area (Å²) in [6.45, 7) is 0.205. The molecule has 0 radical (unpaired) electrons. The van der Waals surface area contributed by atoms with E-state index in [1.165, 1.54) is 6.07 Å². The zero-order valence-electron chi connectivity index (χ0n) is 11.7. The summed E-state index contributed by atoms with van der Waals surface area (Å²) in [4.78, 5) is 0.217. The molecule has 0 heterocycles. The molecule has 21 heavy (non-hydrogen) atoms. The summed E-state index contributed by atoms with van der Waals surface area (Å²) in [5.74, 6) is 0. The second-order valence-electron chi connectivity index (χ2n) is 4.83. The van der Waals surface area contributed by atoms with Gasteiger partial charge in [0, 0.05) is 18.5 Å². The van der Waals surface area contributed by atoms with Crippen molar-refractivity contribution in [2.24, 2.45) is 0 Å². The van der Waals surface area contributed by atoms with Crippen LogP contribution in [0.5, 0.6) is 0 Å². The van der Waals surface area contributed by atoms with Gasteiger partial charge in [0.1, 0.15) is 0 Å². The molecule has 0 aliphatic carbocycles. The molecule has 0 aliphatic rings. The molecule has 0 aromatic heterocycles. The van der Waals surface area contributed by atoms with Crippen molar-refractivity contribution in [2.75, 3.05) is 23.9 Å². The number of nitrogens with two attached hydrogens (primary N) is 1. The van der Waals surface area contributed by atoms with Gasteiger partial charge in [0.05, 0.1) is 16.7 Å². The predicted molar refractivity (Wildman–Crippen MR) is 83.9 cm³/mol. The number of hydrogen-bond acceptors (Lipinski definition) is 5. The van der Waals surface area contributed by atoms with Crippen molar-refractivity contribution < 1.29 is 13.5 Å². The number of hydrogen-bond donors (Lipinski definition) is 3. The summed E-state index contributed by atoms with van der Waals surface area (Å²) >= 11 is 0. The first kappa shape index (κ1) is 15.3. The Balaban J connectivity index is 2.12. The minimum absolute atomic E-state index is 0.205. The van der Waals surface area contributed by atoms with Gasteiger partial charge in [0.15, 0.2) is 9.84 Å². The Morgan fingerprint density at radius 3 is 2.38 bits per heavy atom. The smallest absolute Gasteiger partial charge is 0.177 e. The Labute approximate surface area is 124 Å². The first-order chi connectivity index (χ1) is 9.88. The largest absolute Gasteiger partial charge is 0.399 e. The van der Waals surface area contributed by atoms with Crippen LogP contribution in [0.3, 0.4) is 0 Å². The third-order valence-electron chi connectivity index (χ3n) is 3.09. The van der Waals surface area contributed by atoms with Gasteiger partial charge in [-0.2, -0.15) is 0 Å². The van der Waals surface area contributed by atoms with Gasteiger partial charge < -0.3 is 16.2 Å². The SMILES string of the molecule is CS(=O)(=O)c1ccccc1NCC(O)c1ccc(N)cc1. The fourth-order valence-corrected chi connectivity index (χ4v) is 2.84. The molecular weight excluding hydrogens is 288 g/mol. The van der Waals surface area contributed by atoms with Crippen LogP contribution < -0.4 is 11.1 Å². The number of nitrogen functional groups attached to an aromatic ring is 1. The van der Waals surface area contributed by atoms with Crippen LogP contribution in [0.4, 0.5) is 11.4 Å². The fraction of sp³-hybridized carbons (Fsp3) is 0.200. The highest BCUT2D eigenvalue weighted by Gasteiger charge is 2.14. The second kappa shape index (κ2) is 6.15. The molecule has 2 rings (SSSR count). The van der Waals surface area contributed by atoms with E-state index in [2.05, 4.69) is 5.32 Å². The molecule has 1 unspecified atom stereocenters. The number of benzene rings is 2. The molecule has 0 saturated carbocycles. The predicted octanol–water partition coefficient (Wildman–Crippen LogP) is 1.82. The lowest BCUT2D eigenvalue weighted by molar-refractivity contribution is 0.191. The zero-order chi connectivity index (χ0) is 15.5. The monoisotopic (exact) mass is 306 g/mol. The summed E-state index contributed by atoms with van der Waals surface area (Å²) in [6.07, 6.45) is 0.405. The van der Waals surface area contributed by atoms with Crippen LogP contribution in [0, 0.1) is 0 Å². The van der Waals surface area contributed by atoms with Crippen molar-refractivity contribution >= 4 is 21.2 Å². The van der Waals surface area contributed by atoms with Gasteiger partial charge in [-0.3, -0.25) is 0 Å². The van der Waals surface area contributed by atoms with Crippen molar-refractivity contribution in [1.29, 1.82) is 0 Å². The van der Waals surface area contributed by atoms with Gasteiger partial charge in [-0.25, -0.2) is 8.42 Å². The van der Waals surface area contributed by atoms with E-state index in [0.717, 1.165) is 6.26 Å². The lowest BCUT2D eigenvalue weighted by atomic mass is 10.1. The first-order valence-corrected chi connectivity index (χ1v) is 8.33. The van der Waals surface area contributed by atoms with Gasteiger partial charge in [-0.1, -0.05) is 24.3 Å². The Kier molecular flexibility index (Phi) is 4.50. The lowest BCUT2D eigenvalue weighted by Crippen LogP contribution is -2.14. The molecule has 112 valence electrons. The average Bonchev–Trinajstić information content (AvgIpc) is 2.45. The maximum atomic E-state index is 11.7. The van der Waals surface area contributed by atoms with Crippen molar-refractivity contribution in [3.05, 3.63) is 54.1 Å². The topological polar surface area (TPSA) is 92.4 Å². The number of rotatable bonds is 5. The van der Waals surface area contributed by atoms with Gasteiger partial charge >= 0.3 is 0 Å². The van der Waals surface area contributed by atoms with E-state index in [-0.39, 0.29) is 11.4 Å². The number of sulfone groups is 1. The summed E-state index contributed by atoms with van der Waals surface area (Å²) < 4.78 is 23.4. The molecule has 1 atom stereocenters. The molecule has 0 saturated heterocycles. The summed E-state index contributed by atoms with van der Waals surface area (Å²) in [5.41, 5.74) is 7.42. The van der Waals surface area contributed by atoms with Gasteiger partial charge in [0.25, 0.3) is 0 Å². The standard InChI is InChI=1S/C15H18N2O3S/c1-21(19,20)15-5-3-2-4-13(15)17-10-14(18)11-6-8-12(16)9-7-11/h2-9,14,17-18H,10,16H2,1H3. The van der Waals surface area contributed by atoms with E-state index < -0.39 is 15.9 Å². The maximum absolute atomic E-state index is 11.7. The van der Waals surface area contributed by atoms with Crippen molar-refractivity contribution in [2.45, 2.75) is 11.0 Å². The van der Waals surface area contributed by atoms with Gasteiger partial charge in [0.2, 0.25) is 0 Å². The highest BCUT2D eigenvalue weighted by molar-refractivity contribution is 7.90. The Bertz CT molecular complexity index is 712. The van der Waals surface area contributed by atoms with Gasteiger partial charge in [-0.05, 0) is 29.8 Å². The number of anilines is 2. The van der Waals surface area contributed by atoms with E-state index in [1.807, 2.05) is 0 Å². The summed E-state index contributed by atoms with van der Waals surface area (Å²) in [6, 6.07) is 13.5. The number of nitrogens with one attached hydrogen (secondary N) is 1. The Morgan fingerprint density at radius 1 is 1.14 bits per heavy atom. The van der Waals surface area contributed by atoms with Crippen LogP contribution in [-0.4, -0.2) is 26.3 Å². The van der Waals surface area contributed by atoms with Crippen LogP contribution in [0.15, 0.2) is 53.4 Å². The van der Waals surface area contributed by atoms with E-state index >= 15 is 0 Å². The highest BCUT2D eigenvalue weighted by Crippen LogP contribution is 2.22. The van der Waals surface area contributed by atoms with E-state index in [9.17, 15) is 13.5 Å². The average molecular weight is 306 g/mol. The van der Waals surface area contributed by atoms with Crippen LogP contribution in [0.1, 0.15) is 11.7 Å². The highest BCUT2D eigenvalue weighted by atomic mass is 32.2. The third kappa shape index (κ3) is 3.96. The molecule has 0 amide bonds. The molecule has 0 spiro atoms. The first-order valence-electron chi connectivity index (χ1n) is 6.44. The Morgan fingerprint density at radius 2 is 1.76 bits per heavy atom. The van der Waals surface area contributed by atoms with Crippen molar-refractivity contribution in [3.63, 3.8) is 0 Å². The van der Waals surface area contributed by atoms with Crippen LogP contribution in [0.2, 0.25) is 0 Å². The van der Waals surface area contributed by atoms with Crippen molar-refractivity contribution in [1.82, 2.24) is 0 Å². The molecule has 2 aromatic carbocycles. The minimum Gasteiger partial charge on any atom is -0.399 e. The van der Waals surface area contributed by atoms with Gasteiger partial charge in [-0.15, -0.1) is 0 Å². The zero-order valence-corrected chi connectivity index (χ0v) is 12.5. The lowest BCUT2D eigenvalue weighted by Gasteiger charge is -2.15. The third-order valence-corrected chi connectivity index (χ3v) is 4.25. The second-order valence-corrected chi connectivity index (χ2v) is 6.82. The normalized spacial score (nSPS) is 12.9. The molecule has 6 heteroatoms. The molecule has 4 N–H and O–H groups in total. The Hall–Kier alpha value is -2.05. The molecule has 5 nitrogen and oxygen atoms in total. The number of para-hydroxylation sites is 1. The molecule has 0 bridgehead atoms. The van der Waals surface area contributed by atoms with Crippen LogP contribution in [0.25, 0.3) is 0 Å². The van der Waals surface area contributed by atoms with Crippen molar-refractivity contribution in [3.8, 4) is 0 Å². The maximum Gasteiger partial charge on any atom is 0.177 e. The summed E-state index contributed by atoms with van der Waals surface area (Å²) in [7, 11) is -3.31. The quantitative estimate of drug-likeness (QED) is 0.733. The molecule has 0 fully saturated rings. The van der Waals surface area contributed by atoms with Crippen LogP contribution in [-0.2, 0) is 9.84 Å². The number of aliphatic hydroxyl groups excluding tert-OH is 1. The van der Waals surface area contributed by atoms with Crippen LogP contribution >= 0.6 is 0 Å². The molecule has 0 aliphatic heterocycles. The number of aliphatic hydroxyl groups is 1. The minimum atomic E-state index is -3.31. The summed E-state index contributed by atoms with van der Waals surface area (Å²) in [5, 5.41) is 13.1.